The van der Waals surface area contributed by atoms with Crippen molar-refractivity contribution < 1.29 is 9.84 Å². The molecule has 0 aliphatic heterocycles. The topological polar surface area (TPSA) is 29.5 Å². The van der Waals surface area contributed by atoms with Gasteiger partial charge in [-0.05, 0) is 37.5 Å². The van der Waals surface area contributed by atoms with E-state index in [1.54, 1.807) is 0 Å². The molecule has 2 nitrogen and oxygen atoms in total. The highest BCUT2D eigenvalue weighted by atomic mass is 35.5. The highest BCUT2D eigenvalue weighted by molar-refractivity contribution is 6.52. The molecule has 6 heteroatoms. The van der Waals surface area contributed by atoms with Gasteiger partial charge in [0.25, 0.3) is 0 Å². The lowest BCUT2D eigenvalue weighted by Crippen LogP contribution is -2.23. The Hall–Kier alpha value is -0.0200. The van der Waals surface area contributed by atoms with Crippen LogP contribution >= 0.6 is 46.4 Å². The predicted octanol–water partition coefficient (Wildman–Crippen LogP) is 5.57. The maximum absolute atomic E-state index is 10.0. The minimum atomic E-state index is -0.233. The van der Waals surface area contributed by atoms with Gasteiger partial charge < -0.3 is 9.84 Å². The largest absolute Gasteiger partial charge is 0.503 e. The summed E-state index contributed by atoms with van der Waals surface area (Å²) in [4.78, 5) is 0. The molecule has 0 saturated heterocycles. The minimum absolute atomic E-state index is 0.0192. The quantitative estimate of drug-likeness (QED) is 0.562. The van der Waals surface area contributed by atoms with Gasteiger partial charge in [0.15, 0.2) is 11.5 Å². The van der Waals surface area contributed by atoms with Crippen LogP contribution in [0.2, 0.25) is 20.1 Å². The zero-order valence-electron chi connectivity index (χ0n) is 9.93. The first-order valence-corrected chi connectivity index (χ1v) is 7.71. The van der Waals surface area contributed by atoms with Gasteiger partial charge >= 0.3 is 0 Å². The van der Waals surface area contributed by atoms with Crippen LogP contribution in [0.5, 0.6) is 11.5 Å². The maximum atomic E-state index is 10.0. The van der Waals surface area contributed by atoms with Crippen LogP contribution in [-0.2, 0) is 0 Å². The van der Waals surface area contributed by atoms with Crippen LogP contribution in [0.4, 0.5) is 0 Å². The van der Waals surface area contributed by atoms with Crippen molar-refractivity contribution in [2.45, 2.75) is 31.8 Å². The molecular weight excluding hydrogens is 330 g/mol. The summed E-state index contributed by atoms with van der Waals surface area (Å²) >= 11 is 23.9. The van der Waals surface area contributed by atoms with Crippen molar-refractivity contribution in [3.8, 4) is 11.5 Å². The number of rotatable bonds is 2. The molecule has 0 radical (unpaired) electrons. The SMILES string of the molecule is Oc1c(Cl)c(Cl)c(Cl)c(Cl)c1OC1CC2CCC1C2. The van der Waals surface area contributed by atoms with E-state index in [1.165, 1.54) is 19.3 Å². The molecule has 104 valence electrons. The van der Waals surface area contributed by atoms with Gasteiger partial charge in [-0.1, -0.05) is 46.4 Å². The van der Waals surface area contributed by atoms with Crippen molar-refractivity contribution in [1.29, 1.82) is 0 Å². The number of halogens is 4. The molecular formula is C13H12Cl4O2. The smallest absolute Gasteiger partial charge is 0.183 e. The van der Waals surface area contributed by atoms with Crippen LogP contribution in [0.1, 0.15) is 25.7 Å². The van der Waals surface area contributed by atoms with Gasteiger partial charge in [-0.2, -0.15) is 0 Å². The fraction of sp³-hybridized carbons (Fsp3) is 0.538. The fourth-order valence-corrected chi connectivity index (χ4v) is 4.06. The Bertz CT molecular complexity index is 503. The van der Waals surface area contributed by atoms with Gasteiger partial charge in [0.05, 0.1) is 10.0 Å². The molecule has 3 rings (SSSR count). The normalized spacial score (nSPS) is 28.9. The molecule has 3 atom stereocenters. The van der Waals surface area contributed by atoms with Crippen molar-refractivity contribution in [2.24, 2.45) is 11.8 Å². The number of phenols is 1. The third kappa shape index (κ3) is 2.27. The summed E-state index contributed by atoms with van der Waals surface area (Å²) in [5.74, 6) is 1.19. The average Bonchev–Trinajstić information content (AvgIpc) is 3.01. The second-order valence-electron chi connectivity index (χ2n) is 5.26. The lowest BCUT2D eigenvalue weighted by atomic mass is 9.98. The van der Waals surface area contributed by atoms with Gasteiger partial charge in [0.2, 0.25) is 0 Å². The summed E-state index contributed by atoms with van der Waals surface area (Å²) in [6.07, 6.45) is 4.71. The Morgan fingerprint density at radius 1 is 0.895 bits per heavy atom. The van der Waals surface area contributed by atoms with Crippen molar-refractivity contribution in [1.82, 2.24) is 0 Å². The molecule has 2 aliphatic rings. The van der Waals surface area contributed by atoms with E-state index in [9.17, 15) is 5.11 Å². The second kappa shape index (κ2) is 5.07. The zero-order valence-corrected chi connectivity index (χ0v) is 13.0. The number of phenolic OH excluding ortho intramolecular Hbond substituents is 1. The number of hydrogen-bond donors (Lipinski definition) is 1. The monoisotopic (exact) mass is 340 g/mol. The molecule has 0 aromatic heterocycles. The Morgan fingerprint density at radius 2 is 1.58 bits per heavy atom. The van der Waals surface area contributed by atoms with Crippen LogP contribution in [-0.4, -0.2) is 11.2 Å². The third-order valence-corrected chi connectivity index (χ3v) is 5.92. The zero-order chi connectivity index (χ0) is 13.7. The van der Waals surface area contributed by atoms with Gasteiger partial charge in [0, 0.05) is 0 Å². The van der Waals surface area contributed by atoms with Crippen LogP contribution in [0.25, 0.3) is 0 Å². The Morgan fingerprint density at radius 3 is 2.16 bits per heavy atom. The van der Waals surface area contributed by atoms with Crippen molar-refractivity contribution >= 4 is 46.4 Å². The molecule has 2 saturated carbocycles. The van der Waals surface area contributed by atoms with E-state index in [-0.39, 0.29) is 37.7 Å². The summed E-state index contributed by atoms with van der Waals surface area (Å²) in [6.45, 7) is 0. The van der Waals surface area contributed by atoms with E-state index in [2.05, 4.69) is 0 Å². The minimum Gasteiger partial charge on any atom is -0.503 e. The Kier molecular flexibility index (Phi) is 3.72. The molecule has 0 spiro atoms. The molecule has 19 heavy (non-hydrogen) atoms. The third-order valence-electron chi connectivity index (χ3n) is 4.14. The van der Waals surface area contributed by atoms with Crippen molar-refractivity contribution in [3.05, 3.63) is 20.1 Å². The molecule has 1 aromatic carbocycles. The first kappa shape index (κ1) is 13.9. The average molecular weight is 342 g/mol. The number of fused-ring (bicyclic) bond motifs is 2. The van der Waals surface area contributed by atoms with E-state index in [0.29, 0.717) is 5.92 Å². The Balaban J connectivity index is 1.93. The van der Waals surface area contributed by atoms with E-state index >= 15 is 0 Å². The van der Waals surface area contributed by atoms with Crippen molar-refractivity contribution in [2.75, 3.05) is 0 Å². The van der Waals surface area contributed by atoms with Gasteiger partial charge in [-0.3, -0.25) is 0 Å². The molecule has 0 amide bonds. The summed E-state index contributed by atoms with van der Waals surface area (Å²) in [5.41, 5.74) is 0. The molecule has 2 fully saturated rings. The van der Waals surface area contributed by atoms with Gasteiger partial charge in [-0.25, -0.2) is 0 Å². The molecule has 2 aliphatic carbocycles. The van der Waals surface area contributed by atoms with Crippen LogP contribution < -0.4 is 4.74 Å². The molecule has 3 unspecified atom stereocenters. The van der Waals surface area contributed by atoms with E-state index in [0.717, 1.165) is 12.3 Å². The number of aromatic hydroxyl groups is 1. The van der Waals surface area contributed by atoms with Gasteiger partial charge in [-0.15, -0.1) is 0 Å². The standard InChI is InChI=1S/C13H12Cl4O2/c14-8-9(15)11(17)13(12(18)10(8)16)19-7-4-5-1-2-6(7)3-5/h5-7,18H,1-4H2. The molecule has 1 N–H and O–H groups in total. The van der Waals surface area contributed by atoms with Crippen LogP contribution in [0.3, 0.4) is 0 Å². The highest BCUT2D eigenvalue weighted by Crippen LogP contribution is 2.52. The first-order valence-electron chi connectivity index (χ1n) is 6.20. The first-order chi connectivity index (χ1) is 8.99. The van der Waals surface area contributed by atoms with Crippen molar-refractivity contribution in [3.63, 3.8) is 0 Å². The molecule has 0 heterocycles. The predicted molar refractivity (Wildman–Crippen MR) is 78.0 cm³/mol. The fourth-order valence-electron chi connectivity index (χ4n) is 3.19. The second-order valence-corrected chi connectivity index (χ2v) is 6.78. The highest BCUT2D eigenvalue weighted by Gasteiger charge is 2.41. The maximum Gasteiger partial charge on any atom is 0.183 e. The summed E-state index contributed by atoms with van der Waals surface area (Å²) < 4.78 is 5.88. The van der Waals surface area contributed by atoms with Crippen LogP contribution in [0, 0.1) is 11.8 Å². The summed E-state index contributed by atoms with van der Waals surface area (Å²) in [6, 6.07) is 0. The van der Waals surface area contributed by atoms with E-state index < -0.39 is 0 Å². The number of hydrogen-bond acceptors (Lipinski definition) is 2. The van der Waals surface area contributed by atoms with E-state index in [1.807, 2.05) is 0 Å². The lowest BCUT2D eigenvalue weighted by Gasteiger charge is -2.24. The summed E-state index contributed by atoms with van der Waals surface area (Å²) in [7, 11) is 0. The number of ether oxygens (including phenoxy) is 1. The van der Waals surface area contributed by atoms with E-state index in [4.69, 9.17) is 51.1 Å². The summed E-state index contributed by atoms with van der Waals surface area (Å²) in [5, 5.41) is 10.3. The molecule has 2 bridgehead atoms. The van der Waals surface area contributed by atoms with Crippen LogP contribution in [0.15, 0.2) is 0 Å². The Labute approximate surface area is 131 Å². The lowest BCUT2D eigenvalue weighted by molar-refractivity contribution is 0.134. The number of benzene rings is 1. The molecule has 1 aromatic rings. The van der Waals surface area contributed by atoms with Gasteiger partial charge in [0.1, 0.15) is 16.1 Å².